The summed E-state index contributed by atoms with van der Waals surface area (Å²) in [5.74, 6) is -0.0780. The number of fused-ring (bicyclic) bond motifs is 1. The zero-order valence-electron chi connectivity index (χ0n) is 8.20. The van der Waals surface area contributed by atoms with Crippen LogP contribution in [-0.2, 0) is 14.1 Å². The molecule has 0 spiro atoms. The Labute approximate surface area is 93.4 Å². The standard InChI is InChI=1S/C8H13BO4P2/c9-15(14)13-7-2-6-4(5(7)3-10)1-8(11)12-6/h4-7,10H,1-3,14H2/t4-,5-,6+,7-,15?/m1/s1. The van der Waals surface area contributed by atoms with Gasteiger partial charge in [0.05, 0.1) is 12.5 Å². The van der Waals surface area contributed by atoms with Crippen molar-refractivity contribution < 1.29 is 19.2 Å². The van der Waals surface area contributed by atoms with Crippen molar-refractivity contribution in [3.05, 3.63) is 0 Å². The third-order valence-corrected chi connectivity index (χ3v) is 4.00. The van der Waals surface area contributed by atoms with Crippen molar-refractivity contribution >= 4 is 30.2 Å². The first-order chi connectivity index (χ1) is 7.11. The van der Waals surface area contributed by atoms with Crippen LogP contribution in [0.2, 0.25) is 0 Å². The molecule has 15 heavy (non-hydrogen) atoms. The van der Waals surface area contributed by atoms with Crippen molar-refractivity contribution in [2.24, 2.45) is 11.8 Å². The first-order valence-electron chi connectivity index (χ1n) is 4.88. The monoisotopic (exact) mass is 246 g/mol. The molecule has 0 bridgehead atoms. The van der Waals surface area contributed by atoms with Gasteiger partial charge in [0.25, 0.3) is 0 Å². The molecule has 7 heteroatoms. The van der Waals surface area contributed by atoms with Crippen LogP contribution < -0.4 is 0 Å². The number of carbonyl (C=O) groups excluding carboxylic acids is 1. The van der Waals surface area contributed by atoms with Gasteiger partial charge in [-0.25, -0.2) is 0 Å². The van der Waals surface area contributed by atoms with Crippen LogP contribution in [0.5, 0.6) is 0 Å². The fourth-order valence-corrected chi connectivity index (χ4v) is 3.51. The van der Waals surface area contributed by atoms with Crippen LogP contribution in [0, 0.1) is 11.8 Å². The van der Waals surface area contributed by atoms with Gasteiger partial charge in [0.2, 0.25) is 0 Å². The summed E-state index contributed by atoms with van der Waals surface area (Å²) in [5.41, 5.74) is 0. The van der Waals surface area contributed by atoms with E-state index in [0.717, 1.165) is 0 Å². The smallest absolute Gasteiger partial charge is 0.306 e. The van der Waals surface area contributed by atoms with E-state index in [2.05, 4.69) is 8.93 Å². The molecular weight excluding hydrogens is 233 g/mol. The second-order valence-electron chi connectivity index (χ2n) is 3.98. The van der Waals surface area contributed by atoms with E-state index in [0.29, 0.717) is 12.8 Å². The van der Waals surface area contributed by atoms with E-state index in [9.17, 15) is 9.90 Å². The van der Waals surface area contributed by atoms with Crippen molar-refractivity contribution in [3.8, 4) is 0 Å². The average molecular weight is 246 g/mol. The quantitative estimate of drug-likeness (QED) is 0.449. The summed E-state index contributed by atoms with van der Waals surface area (Å²) in [5, 5.41) is 9.30. The van der Waals surface area contributed by atoms with Crippen molar-refractivity contribution in [1.82, 2.24) is 0 Å². The first-order valence-corrected chi connectivity index (χ1v) is 7.83. The highest BCUT2D eigenvalue weighted by molar-refractivity contribution is 8.23. The van der Waals surface area contributed by atoms with E-state index in [4.69, 9.17) is 16.8 Å². The Morgan fingerprint density at radius 3 is 3.07 bits per heavy atom. The van der Waals surface area contributed by atoms with Gasteiger partial charge < -0.3 is 14.4 Å². The number of ether oxygens (including phenoxy) is 1. The zero-order chi connectivity index (χ0) is 11.0. The van der Waals surface area contributed by atoms with E-state index in [1.54, 1.807) is 0 Å². The summed E-state index contributed by atoms with van der Waals surface area (Å²) in [4.78, 5) is 11.1. The van der Waals surface area contributed by atoms with Gasteiger partial charge >= 0.3 is 5.97 Å². The normalized spacial score (nSPS) is 41.3. The molecule has 82 valence electrons. The molecule has 2 fully saturated rings. The molecule has 6 atom stereocenters. The Morgan fingerprint density at radius 1 is 1.73 bits per heavy atom. The predicted molar refractivity (Wildman–Crippen MR) is 60.4 cm³/mol. The predicted octanol–water partition coefficient (Wildman–Crippen LogP) is 0.586. The lowest BCUT2D eigenvalue weighted by molar-refractivity contribution is -0.141. The Morgan fingerprint density at radius 2 is 2.47 bits per heavy atom. The number of aliphatic hydroxyl groups is 1. The molecule has 1 aliphatic carbocycles. The summed E-state index contributed by atoms with van der Waals surface area (Å²) in [6.45, 7) is 0.0241. The first kappa shape index (κ1) is 11.8. The molecule has 1 saturated carbocycles. The SMILES string of the molecule is [B]P(P)O[C@@H]1C[C@@H]2OC(=O)C[C@@H]2[C@H]1CO. The van der Waals surface area contributed by atoms with E-state index >= 15 is 0 Å². The van der Waals surface area contributed by atoms with E-state index in [-0.39, 0.29) is 36.6 Å². The highest BCUT2D eigenvalue weighted by atomic mass is 32.0. The van der Waals surface area contributed by atoms with Gasteiger partial charge in [-0.15, -0.1) is 0 Å². The molecule has 1 N–H and O–H groups in total. The van der Waals surface area contributed by atoms with Gasteiger partial charge in [-0.05, 0) is 7.72 Å². The highest BCUT2D eigenvalue weighted by Crippen LogP contribution is 2.49. The Bertz CT molecular complexity index is 263. The summed E-state index contributed by atoms with van der Waals surface area (Å²) in [6, 6.07) is 0. The zero-order valence-corrected chi connectivity index (χ0v) is 10.3. The van der Waals surface area contributed by atoms with Crippen LogP contribution in [0.3, 0.4) is 0 Å². The lowest BCUT2D eigenvalue weighted by Crippen LogP contribution is -2.24. The summed E-state index contributed by atoms with van der Waals surface area (Å²) >= 11 is 0. The number of carbonyl (C=O) groups is 1. The van der Waals surface area contributed by atoms with Gasteiger partial charge in [0.15, 0.2) is 7.57 Å². The molecule has 0 aromatic carbocycles. The maximum atomic E-state index is 11.1. The number of hydrogen-bond acceptors (Lipinski definition) is 4. The average Bonchev–Trinajstić information content (AvgIpc) is 2.59. The van der Waals surface area contributed by atoms with Gasteiger partial charge in [0, 0.05) is 24.9 Å². The van der Waals surface area contributed by atoms with Crippen LogP contribution in [0.1, 0.15) is 12.8 Å². The molecule has 1 saturated heterocycles. The van der Waals surface area contributed by atoms with E-state index < -0.39 is 7.72 Å². The van der Waals surface area contributed by atoms with Crippen molar-refractivity contribution in [2.75, 3.05) is 6.61 Å². The molecule has 0 aromatic rings. The van der Waals surface area contributed by atoms with Gasteiger partial charge in [-0.2, -0.15) is 0 Å². The van der Waals surface area contributed by atoms with Crippen molar-refractivity contribution in [1.29, 1.82) is 0 Å². The number of hydrogen-bond donors (Lipinski definition) is 1. The minimum absolute atomic E-state index is 0.0180. The molecular formula is C8H13BO4P2. The molecule has 1 heterocycles. The minimum Gasteiger partial charge on any atom is -0.462 e. The van der Waals surface area contributed by atoms with E-state index in [1.165, 1.54) is 0 Å². The van der Waals surface area contributed by atoms with Crippen LogP contribution >= 0.6 is 16.6 Å². The summed E-state index contributed by atoms with van der Waals surface area (Å²) in [7, 11) is 6.99. The second-order valence-corrected chi connectivity index (χ2v) is 6.44. The summed E-state index contributed by atoms with van der Waals surface area (Å²) < 4.78 is 10.7. The molecule has 2 radical (unpaired) electrons. The molecule has 2 aliphatic rings. The molecule has 0 amide bonds. The maximum absolute atomic E-state index is 11.1. The topological polar surface area (TPSA) is 55.8 Å². The fourth-order valence-electron chi connectivity index (χ4n) is 2.49. The van der Waals surface area contributed by atoms with Gasteiger partial charge in [-0.1, -0.05) is 8.93 Å². The largest absolute Gasteiger partial charge is 0.462 e. The van der Waals surface area contributed by atoms with Crippen LogP contribution in [0.15, 0.2) is 0 Å². The second kappa shape index (κ2) is 4.67. The van der Waals surface area contributed by atoms with Gasteiger partial charge in [-0.3, -0.25) is 4.79 Å². The number of aliphatic hydroxyl groups excluding tert-OH is 1. The third kappa shape index (κ3) is 2.36. The number of esters is 1. The Hall–Kier alpha value is 0.315. The molecule has 2 unspecified atom stereocenters. The number of rotatable bonds is 3. The van der Waals surface area contributed by atoms with Gasteiger partial charge in [0.1, 0.15) is 6.10 Å². The maximum Gasteiger partial charge on any atom is 0.306 e. The Kier molecular flexibility index (Phi) is 3.67. The molecule has 4 nitrogen and oxygen atoms in total. The van der Waals surface area contributed by atoms with Crippen LogP contribution in [0.25, 0.3) is 0 Å². The van der Waals surface area contributed by atoms with Crippen LogP contribution in [0.4, 0.5) is 0 Å². The fraction of sp³-hybridized carbons (Fsp3) is 0.875. The van der Waals surface area contributed by atoms with Crippen molar-refractivity contribution in [2.45, 2.75) is 25.0 Å². The van der Waals surface area contributed by atoms with Crippen molar-refractivity contribution in [3.63, 3.8) is 0 Å². The highest BCUT2D eigenvalue weighted by Gasteiger charge is 2.50. The third-order valence-electron chi connectivity index (χ3n) is 3.12. The Balaban J connectivity index is 2.03. The molecule has 0 aromatic heterocycles. The minimum atomic E-state index is -1.01. The lowest BCUT2D eigenvalue weighted by Gasteiger charge is -2.22. The molecule has 1 aliphatic heterocycles. The lowest BCUT2D eigenvalue weighted by atomic mass is 9.93. The van der Waals surface area contributed by atoms with E-state index in [1.807, 2.05) is 0 Å². The summed E-state index contributed by atoms with van der Waals surface area (Å²) in [6.07, 6.45) is 0.896. The molecule has 2 rings (SSSR count). The van der Waals surface area contributed by atoms with Crippen LogP contribution in [-0.4, -0.2) is 37.5 Å².